The molecule has 0 spiro atoms. The maximum absolute atomic E-state index is 12.0. The molecule has 1 aromatic rings. The number of hydrogen-bond donors (Lipinski definition) is 0. The van der Waals surface area contributed by atoms with E-state index in [1.807, 2.05) is 11.8 Å². The van der Waals surface area contributed by atoms with Crippen molar-refractivity contribution in [3.05, 3.63) is 11.7 Å². The summed E-state index contributed by atoms with van der Waals surface area (Å²) in [5.41, 5.74) is 0. The molecule has 2 aliphatic rings. The van der Waals surface area contributed by atoms with Gasteiger partial charge < -0.3 is 9.42 Å². The van der Waals surface area contributed by atoms with Crippen LogP contribution < -0.4 is 0 Å². The van der Waals surface area contributed by atoms with Gasteiger partial charge in [0.1, 0.15) is 0 Å². The van der Waals surface area contributed by atoms with Crippen molar-refractivity contribution in [1.82, 2.24) is 19.9 Å². The third-order valence-electron chi connectivity index (χ3n) is 4.29. The Morgan fingerprint density at radius 2 is 2.27 bits per heavy atom. The van der Waals surface area contributed by atoms with Crippen LogP contribution in [0.2, 0.25) is 0 Å². The summed E-state index contributed by atoms with van der Waals surface area (Å²) < 4.78 is 5.28. The van der Waals surface area contributed by atoms with Gasteiger partial charge in [-0.25, -0.2) is 0 Å². The van der Waals surface area contributed by atoms with E-state index in [1.165, 1.54) is 0 Å². The summed E-state index contributed by atoms with van der Waals surface area (Å²) in [4.78, 5) is 20.6. The van der Waals surface area contributed by atoms with Crippen LogP contribution in [0.15, 0.2) is 4.52 Å². The van der Waals surface area contributed by atoms with E-state index >= 15 is 0 Å². The normalized spacial score (nSPS) is 21.5. The van der Waals surface area contributed by atoms with Gasteiger partial charge >= 0.3 is 0 Å². The van der Waals surface area contributed by atoms with Gasteiger partial charge in [0.15, 0.2) is 5.82 Å². The lowest BCUT2D eigenvalue weighted by Crippen LogP contribution is -2.40. The highest BCUT2D eigenvalue weighted by Gasteiger charge is 2.32. The van der Waals surface area contributed by atoms with Crippen LogP contribution in [-0.4, -0.2) is 51.5 Å². The average molecular weight is 302 g/mol. The van der Waals surface area contributed by atoms with Gasteiger partial charge in [0, 0.05) is 32.0 Å². The molecule has 6 nitrogen and oxygen atoms in total. The SMILES string of the molecule is CC#CCN1CCC(N(Cc2noc(C3CC3)n2)C(C)=O)C1. The molecule has 1 aliphatic heterocycles. The van der Waals surface area contributed by atoms with Crippen molar-refractivity contribution >= 4 is 5.91 Å². The van der Waals surface area contributed by atoms with E-state index in [0.29, 0.717) is 18.3 Å². The largest absolute Gasteiger partial charge is 0.339 e. The number of likely N-dealkylation sites (tertiary alicyclic amines) is 1. The molecule has 2 fully saturated rings. The lowest BCUT2D eigenvalue weighted by Gasteiger charge is -2.26. The zero-order valence-corrected chi connectivity index (χ0v) is 13.2. The van der Waals surface area contributed by atoms with E-state index < -0.39 is 0 Å². The Kier molecular flexibility index (Phi) is 4.44. The molecule has 0 bridgehead atoms. The van der Waals surface area contributed by atoms with Gasteiger partial charge in [-0.2, -0.15) is 4.98 Å². The molecule has 1 aromatic heterocycles. The highest BCUT2D eigenvalue weighted by molar-refractivity contribution is 5.73. The quantitative estimate of drug-likeness (QED) is 0.769. The van der Waals surface area contributed by atoms with Crippen LogP contribution in [0.25, 0.3) is 0 Å². The molecule has 1 amide bonds. The van der Waals surface area contributed by atoms with Crippen LogP contribution in [0.5, 0.6) is 0 Å². The fourth-order valence-corrected chi connectivity index (χ4v) is 2.88. The Hall–Kier alpha value is -1.87. The second kappa shape index (κ2) is 6.49. The molecule has 6 heteroatoms. The molecular weight excluding hydrogens is 280 g/mol. The number of rotatable bonds is 5. The van der Waals surface area contributed by atoms with Crippen LogP contribution in [0.1, 0.15) is 50.7 Å². The second-order valence-corrected chi connectivity index (χ2v) is 6.07. The van der Waals surface area contributed by atoms with Gasteiger partial charge in [0.25, 0.3) is 0 Å². The Morgan fingerprint density at radius 3 is 2.95 bits per heavy atom. The Bertz CT molecular complexity index is 597. The molecule has 2 heterocycles. The van der Waals surface area contributed by atoms with Gasteiger partial charge in [0.05, 0.1) is 13.1 Å². The van der Waals surface area contributed by atoms with Gasteiger partial charge in [-0.1, -0.05) is 11.1 Å². The molecule has 1 unspecified atom stereocenters. The molecule has 3 rings (SSSR count). The Morgan fingerprint density at radius 1 is 1.45 bits per heavy atom. The van der Waals surface area contributed by atoms with Gasteiger partial charge in [-0.15, -0.1) is 5.92 Å². The predicted octanol–water partition coefficient (Wildman–Crippen LogP) is 1.39. The molecule has 1 saturated heterocycles. The number of nitrogens with zero attached hydrogens (tertiary/aromatic N) is 4. The first-order valence-corrected chi connectivity index (χ1v) is 7.89. The van der Waals surface area contributed by atoms with E-state index in [2.05, 4.69) is 26.9 Å². The molecule has 22 heavy (non-hydrogen) atoms. The maximum Gasteiger partial charge on any atom is 0.229 e. The van der Waals surface area contributed by atoms with E-state index in [9.17, 15) is 4.79 Å². The monoisotopic (exact) mass is 302 g/mol. The van der Waals surface area contributed by atoms with Crippen LogP contribution in [0, 0.1) is 11.8 Å². The van der Waals surface area contributed by atoms with Gasteiger partial charge in [-0.05, 0) is 26.2 Å². The highest BCUT2D eigenvalue weighted by Crippen LogP contribution is 2.38. The topological polar surface area (TPSA) is 62.5 Å². The highest BCUT2D eigenvalue weighted by atomic mass is 16.5. The molecule has 0 radical (unpaired) electrons. The molecule has 1 saturated carbocycles. The van der Waals surface area contributed by atoms with Crippen LogP contribution in [-0.2, 0) is 11.3 Å². The van der Waals surface area contributed by atoms with Gasteiger partial charge in [0.2, 0.25) is 11.8 Å². The minimum absolute atomic E-state index is 0.0613. The summed E-state index contributed by atoms with van der Waals surface area (Å²) in [6.07, 6.45) is 3.24. The minimum atomic E-state index is 0.0613. The van der Waals surface area contributed by atoms with Crippen molar-refractivity contribution in [2.75, 3.05) is 19.6 Å². The Balaban J connectivity index is 1.62. The second-order valence-electron chi connectivity index (χ2n) is 6.07. The van der Waals surface area contributed by atoms with Crippen LogP contribution in [0.4, 0.5) is 0 Å². The van der Waals surface area contributed by atoms with Crippen molar-refractivity contribution < 1.29 is 9.32 Å². The van der Waals surface area contributed by atoms with Crippen molar-refractivity contribution in [2.24, 2.45) is 0 Å². The zero-order chi connectivity index (χ0) is 15.5. The Labute approximate surface area is 130 Å². The van der Waals surface area contributed by atoms with E-state index in [4.69, 9.17) is 4.52 Å². The number of amides is 1. The summed E-state index contributed by atoms with van der Waals surface area (Å²) in [5.74, 6) is 7.85. The van der Waals surface area contributed by atoms with Crippen LogP contribution in [0.3, 0.4) is 0 Å². The smallest absolute Gasteiger partial charge is 0.229 e. The summed E-state index contributed by atoms with van der Waals surface area (Å²) in [6.45, 7) is 6.50. The lowest BCUT2D eigenvalue weighted by atomic mass is 10.2. The molecule has 0 N–H and O–H groups in total. The summed E-state index contributed by atoms with van der Waals surface area (Å²) >= 11 is 0. The molecular formula is C16H22N4O2. The first kappa shape index (κ1) is 15.0. The third kappa shape index (κ3) is 3.47. The molecule has 1 atom stereocenters. The van der Waals surface area contributed by atoms with Crippen molar-refractivity contribution in [1.29, 1.82) is 0 Å². The summed E-state index contributed by atoms with van der Waals surface area (Å²) in [6, 6.07) is 0.207. The third-order valence-corrected chi connectivity index (χ3v) is 4.29. The summed E-state index contributed by atoms with van der Waals surface area (Å²) in [7, 11) is 0. The molecule has 118 valence electrons. The number of carbonyl (C=O) groups is 1. The lowest BCUT2D eigenvalue weighted by molar-refractivity contribution is -0.131. The predicted molar refractivity (Wildman–Crippen MR) is 80.8 cm³/mol. The number of carbonyl (C=O) groups excluding carboxylic acids is 1. The molecule has 1 aliphatic carbocycles. The minimum Gasteiger partial charge on any atom is -0.339 e. The van der Waals surface area contributed by atoms with E-state index in [-0.39, 0.29) is 11.9 Å². The first-order chi connectivity index (χ1) is 10.7. The standard InChI is InChI=1S/C16H22N4O2/c1-3-4-8-19-9-7-14(10-19)20(12(2)21)11-15-17-16(22-18-15)13-5-6-13/h13-14H,5-11H2,1-2H3. The fourth-order valence-electron chi connectivity index (χ4n) is 2.88. The summed E-state index contributed by atoms with van der Waals surface area (Å²) in [5, 5.41) is 4.02. The van der Waals surface area contributed by atoms with Crippen molar-refractivity contribution in [3.63, 3.8) is 0 Å². The average Bonchev–Trinajstić information content (AvgIpc) is 3.07. The first-order valence-electron chi connectivity index (χ1n) is 7.89. The maximum atomic E-state index is 12.0. The van der Waals surface area contributed by atoms with Crippen molar-refractivity contribution in [3.8, 4) is 11.8 Å². The van der Waals surface area contributed by atoms with E-state index in [0.717, 1.165) is 44.8 Å². The van der Waals surface area contributed by atoms with Crippen LogP contribution >= 0.6 is 0 Å². The number of aromatic nitrogens is 2. The van der Waals surface area contributed by atoms with Crippen molar-refractivity contribution in [2.45, 2.75) is 51.6 Å². The zero-order valence-electron chi connectivity index (χ0n) is 13.2. The molecule has 0 aromatic carbocycles. The number of hydrogen-bond acceptors (Lipinski definition) is 5. The van der Waals surface area contributed by atoms with Gasteiger partial charge in [-0.3, -0.25) is 9.69 Å². The fraction of sp³-hybridized carbons (Fsp3) is 0.688. The van der Waals surface area contributed by atoms with E-state index in [1.54, 1.807) is 6.92 Å².